The summed E-state index contributed by atoms with van der Waals surface area (Å²) in [7, 11) is 0. The molecule has 1 atom stereocenters. The van der Waals surface area contributed by atoms with Crippen molar-refractivity contribution in [2.75, 3.05) is 0 Å². The van der Waals surface area contributed by atoms with Gasteiger partial charge in [-0.1, -0.05) is 0 Å². The lowest BCUT2D eigenvalue weighted by atomic mass is 9.94. The molecule has 4 N–H and O–H groups in total. The first-order valence-electron chi connectivity index (χ1n) is 4.54. The second-order valence-electron chi connectivity index (χ2n) is 3.77. The molecule has 14 heavy (non-hydrogen) atoms. The van der Waals surface area contributed by atoms with Crippen molar-refractivity contribution in [3.63, 3.8) is 0 Å². The minimum atomic E-state index is -0.965. The fraction of sp³-hybridized carbons (Fsp3) is 0.625. The summed E-state index contributed by atoms with van der Waals surface area (Å²) in [5.41, 5.74) is 10.3. The molecular weight excluding hydrogens is 182 g/mol. The van der Waals surface area contributed by atoms with Crippen LogP contribution in [0.5, 0.6) is 0 Å². The van der Waals surface area contributed by atoms with Crippen LogP contribution < -0.4 is 11.5 Å². The number of hydrogen-bond acceptors (Lipinski definition) is 4. The normalized spacial score (nSPS) is 20.4. The number of aromatic nitrogens is 3. The van der Waals surface area contributed by atoms with E-state index in [2.05, 4.69) is 10.1 Å². The molecule has 0 saturated heterocycles. The van der Waals surface area contributed by atoms with Gasteiger partial charge in [0.2, 0.25) is 5.91 Å². The molecule has 1 unspecified atom stereocenters. The van der Waals surface area contributed by atoms with Gasteiger partial charge in [-0.2, -0.15) is 5.10 Å². The SMILES string of the molecule is NC(=O)C(N)(Cn1cncn1)C1CC1. The zero-order valence-corrected chi connectivity index (χ0v) is 7.76. The molecule has 2 rings (SSSR count). The first-order valence-corrected chi connectivity index (χ1v) is 4.54. The highest BCUT2D eigenvalue weighted by Gasteiger charge is 2.47. The Bertz CT molecular complexity index is 332. The Balaban J connectivity index is 2.15. The molecule has 0 aliphatic heterocycles. The highest BCUT2D eigenvalue weighted by molar-refractivity contribution is 5.85. The number of carbonyl (C=O) groups is 1. The third-order valence-electron chi connectivity index (χ3n) is 2.65. The average molecular weight is 195 g/mol. The molecule has 1 aliphatic rings. The van der Waals surface area contributed by atoms with Gasteiger partial charge < -0.3 is 11.5 Å². The van der Waals surface area contributed by atoms with Gasteiger partial charge in [-0.25, -0.2) is 4.98 Å². The number of hydrogen-bond donors (Lipinski definition) is 2. The molecule has 1 fully saturated rings. The minimum absolute atomic E-state index is 0.198. The molecule has 76 valence electrons. The van der Waals surface area contributed by atoms with Crippen molar-refractivity contribution in [1.29, 1.82) is 0 Å². The quantitative estimate of drug-likeness (QED) is 0.635. The molecule has 1 aromatic heterocycles. The maximum absolute atomic E-state index is 11.3. The Labute approximate surface area is 81.3 Å². The highest BCUT2D eigenvalue weighted by Crippen LogP contribution is 2.38. The Morgan fingerprint density at radius 1 is 1.64 bits per heavy atom. The van der Waals surface area contributed by atoms with Gasteiger partial charge in [0, 0.05) is 0 Å². The second-order valence-corrected chi connectivity index (χ2v) is 3.77. The first kappa shape index (κ1) is 9.14. The van der Waals surface area contributed by atoms with Gasteiger partial charge in [-0.15, -0.1) is 0 Å². The molecule has 0 radical (unpaired) electrons. The minimum Gasteiger partial charge on any atom is -0.368 e. The lowest BCUT2D eigenvalue weighted by molar-refractivity contribution is -0.124. The molecular formula is C8H13N5O. The van der Waals surface area contributed by atoms with E-state index in [9.17, 15) is 4.79 Å². The van der Waals surface area contributed by atoms with E-state index in [1.54, 1.807) is 4.68 Å². The summed E-state index contributed by atoms with van der Waals surface area (Å²) in [6.45, 7) is 0.312. The fourth-order valence-corrected chi connectivity index (χ4v) is 1.59. The van der Waals surface area contributed by atoms with Crippen LogP contribution in [0.15, 0.2) is 12.7 Å². The monoisotopic (exact) mass is 195 g/mol. The molecule has 6 heteroatoms. The van der Waals surface area contributed by atoms with E-state index in [1.165, 1.54) is 12.7 Å². The van der Waals surface area contributed by atoms with E-state index in [0.717, 1.165) is 12.8 Å². The number of nitrogens with zero attached hydrogens (tertiary/aromatic N) is 3. The summed E-state index contributed by atoms with van der Waals surface area (Å²) in [4.78, 5) is 15.1. The third kappa shape index (κ3) is 1.48. The average Bonchev–Trinajstić information content (AvgIpc) is 2.87. The van der Waals surface area contributed by atoms with Crippen LogP contribution in [0.3, 0.4) is 0 Å². The van der Waals surface area contributed by atoms with Gasteiger partial charge in [0.25, 0.3) is 0 Å². The standard InChI is InChI=1S/C8H13N5O/c9-7(14)8(10,6-1-2-6)3-13-5-11-4-12-13/h4-6H,1-3,10H2,(H2,9,14). The summed E-state index contributed by atoms with van der Waals surface area (Å²) in [5.74, 6) is -0.264. The first-order chi connectivity index (χ1) is 6.63. The van der Waals surface area contributed by atoms with Gasteiger partial charge >= 0.3 is 0 Å². The Morgan fingerprint density at radius 2 is 2.36 bits per heavy atom. The Hall–Kier alpha value is -1.43. The van der Waals surface area contributed by atoms with Gasteiger partial charge in [0.05, 0.1) is 6.54 Å². The van der Waals surface area contributed by atoms with Crippen LogP contribution in [0.4, 0.5) is 0 Å². The van der Waals surface area contributed by atoms with Gasteiger partial charge in [-0.05, 0) is 18.8 Å². The lowest BCUT2D eigenvalue weighted by Crippen LogP contribution is -2.56. The molecule has 1 aromatic rings. The summed E-state index contributed by atoms with van der Waals surface area (Å²) < 4.78 is 1.54. The van der Waals surface area contributed by atoms with Crippen molar-refractivity contribution in [2.24, 2.45) is 17.4 Å². The van der Waals surface area contributed by atoms with Crippen molar-refractivity contribution in [2.45, 2.75) is 24.9 Å². The van der Waals surface area contributed by atoms with Crippen LogP contribution in [0, 0.1) is 5.92 Å². The summed E-state index contributed by atoms with van der Waals surface area (Å²) >= 11 is 0. The zero-order chi connectivity index (χ0) is 10.2. The van der Waals surface area contributed by atoms with E-state index < -0.39 is 11.4 Å². The molecule has 6 nitrogen and oxygen atoms in total. The highest BCUT2D eigenvalue weighted by atomic mass is 16.1. The Morgan fingerprint density at radius 3 is 2.79 bits per heavy atom. The van der Waals surface area contributed by atoms with E-state index >= 15 is 0 Å². The van der Waals surface area contributed by atoms with Crippen molar-refractivity contribution >= 4 is 5.91 Å². The molecule has 1 saturated carbocycles. The number of carbonyl (C=O) groups excluding carboxylic acids is 1. The summed E-state index contributed by atoms with van der Waals surface area (Å²) in [6, 6.07) is 0. The van der Waals surface area contributed by atoms with Crippen LogP contribution in [-0.2, 0) is 11.3 Å². The molecule has 0 spiro atoms. The molecule has 0 bridgehead atoms. The third-order valence-corrected chi connectivity index (χ3v) is 2.65. The summed E-state index contributed by atoms with van der Waals surface area (Å²) in [6.07, 6.45) is 4.88. The van der Waals surface area contributed by atoms with Gasteiger partial charge in [0.15, 0.2) is 0 Å². The number of amides is 1. The Kier molecular flexibility index (Phi) is 1.99. The number of nitrogens with two attached hydrogens (primary N) is 2. The van der Waals surface area contributed by atoms with Crippen molar-refractivity contribution in [3.8, 4) is 0 Å². The molecule has 0 aromatic carbocycles. The van der Waals surface area contributed by atoms with Crippen LogP contribution in [0.25, 0.3) is 0 Å². The molecule has 1 aliphatic carbocycles. The lowest BCUT2D eigenvalue weighted by Gasteiger charge is -2.25. The van der Waals surface area contributed by atoms with E-state index in [0.29, 0.717) is 6.54 Å². The smallest absolute Gasteiger partial charge is 0.239 e. The molecule has 1 heterocycles. The van der Waals surface area contributed by atoms with Crippen LogP contribution in [0.1, 0.15) is 12.8 Å². The predicted molar refractivity (Wildman–Crippen MR) is 48.9 cm³/mol. The van der Waals surface area contributed by atoms with E-state index in [1.807, 2.05) is 0 Å². The van der Waals surface area contributed by atoms with E-state index in [4.69, 9.17) is 11.5 Å². The predicted octanol–water partition coefficient (Wildman–Crippen LogP) is -1.13. The van der Waals surface area contributed by atoms with Crippen LogP contribution in [-0.4, -0.2) is 26.2 Å². The fourth-order valence-electron chi connectivity index (χ4n) is 1.59. The maximum atomic E-state index is 11.3. The van der Waals surface area contributed by atoms with Crippen LogP contribution in [0.2, 0.25) is 0 Å². The van der Waals surface area contributed by atoms with Crippen molar-refractivity contribution in [1.82, 2.24) is 14.8 Å². The largest absolute Gasteiger partial charge is 0.368 e. The van der Waals surface area contributed by atoms with Crippen LogP contribution >= 0.6 is 0 Å². The molecule has 1 amide bonds. The number of primary amides is 1. The van der Waals surface area contributed by atoms with Crippen molar-refractivity contribution in [3.05, 3.63) is 12.7 Å². The van der Waals surface area contributed by atoms with Gasteiger partial charge in [0.1, 0.15) is 18.2 Å². The van der Waals surface area contributed by atoms with Crippen molar-refractivity contribution < 1.29 is 4.79 Å². The van der Waals surface area contributed by atoms with E-state index in [-0.39, 0.29) is 5.92 Å². The van der Waals surface area contributed by atoms with Gasteiger partial charge in [-0.3, -0.25) is 9.48 Å². The summed E-state index contributed by atoms with van der Waals surface area (Å²) in [5, 5.41) is 3.91. The topological polar surface area (TPSA) is 99.8 Å². The second kappa shape index (κ2) is 3.06. The zero-order valence-electron chi connectivity index (χ0n) is 7.76. The number of rotatable bonds is 4. The maximum Gasteiger partial charge on any atom is 0.239 e.